The normalized spacial score (nSPS) is 10.8. The zero-order chi connectivity index (χ0) is 18.8. The first-order valence-corrected chi connectivity index (χ1v) is 9.06. The maximum Gasteiger partial charge on any atom is 0.292 e. The Labute approximate surface area is 155 Å². The number of nitrogens with one attached hydrogen (secondary N) is 2. The van der Waals surface area contributed by atoms with Gasteiger partial charge < -0.3 is 19.8 Å². The molecule has 7 heteroatoms. The SMILES string of the molecule is CCOc1cccc2cc(C(=O)Nc3sc(C)c(C)c3C(=O)NC)oc12. The Kier molecular flexibility index (Phi) is 4.99. The zero-order valence-electron chi connectivity index (χ0n) is 15.1. The lowest BCUT2D eigenvalue weighted by molar-refractivity contribution is 0.0963. The number of furan rings is 1. The number of thiophene rings is 1. The number of benzene rings is 1. The van der Waals surface area contributed by atoms with Crippen molar-refractivity contribution < 1.29 is 18.7 Å². The summed E-state index contributed by atoms with van der Waals surface area (Å²) in [6, 6.07) is 7.17. The van der Waals surface area contributed by atoms with Crippen LogP contribution in [-0.4, -0.2) is 25.5 Å². The van der Waals surface area contributed by atoms with E-state index >= 15 is 0 Å². The van der Waals surface area contributed by atoms with Gasteiger partial charge in [-0.1, -0.05) is 12.1 Å². The smallest absolute Gasteiger partial charge is 0.292 e. The van der Waals surface area contributed by atoms with Crippen LogP contribution >= 0.6 is 11.3 Å². The highest BCUT2D eigenvalue weighted by Gasteiger charge is 2.22. The molecule has 3 rings (SSSR count). The summed E-state index contributed by atoms with van der Waals surface area (Å²) in [6.45, 7) is 6.17. The maximum atomic E-state index is 12.7. The van der Waals surface area contributed by atoms with Gasteiger partial charge in [0.1, 0.15) is 5.00 Å². The molecule has 0 aliphatic heterocycles. The first kappa shape index (κ1) is 18.0. The monoisotopic (exact) mass is 372 g/mol. The third-order valence-electron chi connectivity index (χ3n) is 4.10. The van der Waals surface area contributed by atoms with Gasteiger partial charge in [-0.25, -0.2) is 0 Å². The van der Waals surface area contributed by atoms with Crippen molar-refractivity contribution in [3.05, 3.63) is 46.0 Å². The molecule has 6 nitrogen and oxygen atoms in total. The van der Waals surface area contributed by atoms with Crippen molar-refractivity contribution in [2.45, 2.75) is 20.8 Å². The molecule has 2 heterocycles. The topological polar surface area (TPSA) is 80.6 Å². The van der Waals surface area contributed by atoms with Gasteiger partial charge in [0.25, 0.3) is 11.8 Å². The number of carbonyl (C=O) groups is 2. The molecule has 0 fully saturated rings. The second kappa shape index (κ2) is 7.21. The van der Waals surface area contributed by atoms with Gasteiger partial charge in [-0.15, -0.1) is 11.3 Å². The van der Waals surface area contributed by atoms with E-state index in [-0.39, 0.29) is 11.7 Å². The Morgan fingerprint density at radius 3 is 2.69 bits per heavy atom. The van der Waals surface area contributed by atoms with E-state index in [1.165, 1.54) is 11.3 Å². The molecule has 0 aliphatic rings. The van der Waals surface area contributed by atoms with Crippen LogP contribution in [0.1, 0.15) is 38.3 Å². The Hall–Kier alpha value is -2.80. The van der Waals surface area contributed by atoms with Crippen LogP contribution in [0, 0.1) is 13.8 Å². The molecule has 0 spiro atoms. The van der Waals surface area contributed by atoms with Crippen LogP contribution < -0.4 is 15.4 Å². The van der Waals surface area contributed by atoms with E-state index < -0.39 is 5.91 Å². The average Bonchev–Trinajstić information content (AvgIpc) is 3.17. The van der Waals surface area contributed by atoms with Gasteiger partial charge >= 0.3 is 0 Å². The van der Waals surface area contributed by atoms with E-state index in [0.29, 0.717) is 28.5 Å². The van der Waals surface area contributed by atoms with Crippen molar-refractivity contribution in [3.8, 4) is 5.75 Å². The number of rotatable bonds is 5. The van der Waals surface area contributed by atoms with Crippen molar-refractivity contribution in [2.24, 2.45) is 0 Å². The number of anilines is 1. The Balaban J connectivity index is 1.94. The summed E-state index contributed by atoms with van der Waals surface area (Å²) in [5.41, 5.74) is 1.87. The summed E-state index contributed by atoms with van der Waals surface area (Å²) in [6.07, 6.45) is 0. The van der Waals surface area contributed by atoms with Crippen LogP contribution in [0.3, 0.4) is 0 Å². The number of fused-ring (bicyclic) bond motifs is 1. The van der Waals surface area contributed by atoms with Gasteiger partial charge in [0.05, 0.1) is 12.2 Å². The molecule has 3 aromatic rings. The first-order chi connectivity index (χ1) is 12.5. The molecular weight excluding hydrogens is 352 g/mol. The third-order valence-corrected chi connectivity index (χ3v) is 5.22. The molecule has 0 atom stereocenters. The van der Waals surface area contributed by atoms with Gasteiger partial charge in [0, 0.05) is 17.3 Å². The molecule has 26 heavy (non-hydrogen) atoms. The standard InChI is InChI=1S/C19H20N2O4S/c1-5-24-13-8-6-7-12-9-14(25-16(12)13)17(22)21-19-15(18(23)20-4)10(2)11(3)26-19/h6-9H,5H2,1-4H3,(H,20,23)(H,21,22). The predicted octanol–water partition coefficient (Wildman–Crippen LogP) is 4.12. The fourth-order valence-corrected chi connectivity index (χ4v) is 3.75. The highest BCUT2D eigenvalue weighted by molar-refractivity contribution is 7.16. The molecule has 0 bridgehead atoms. The summed E-state index contributed by atoms with van der Waals surface area (Å²) in [4.78, 5) is 25.8. The number of ether oxygens (including phenoxy) is 1. The van der Waals surface area contributed by atoms with Crippen LogP contribution in [-0.2, 0) is 0 Å². The number of amides is 2. The number of aryl methyl sites for hydroxylation is 1. The lowest BCUT2D eigenvalue weighted by Crippen LogP contribution is -2.21. The van der Waals surface area contributed by atoms with E-state index in [4.69, 9.17) is 9.15 Å². The number of hydrogen-bond acceptors (Lipinski definition) is 5. The van der Waals surface area contributed by atoms with Gasteiger partial charge in [-0.2, -0.15) is 0 Å². The minimum Gasteiger partial charge on any atom is -0.490 e. The summed E-state index contributed by atoms with van der Waals surface area (Å²) in [5.74, 6) is 0.122. The van der Waals surface area contributed by atoms with Gasteiger partial charge in [0.2, 0.25) is 0 Å². The number of carbonyl (C=O) groups excluding carboxylic acids is 2. The molecule has 0 unspecified atom stereocenters. The van der Waals surface area contributed by atoms with Crippen molar-refractivity contribution in [1.29, 1.82) is 0 Å². The second-order valence-electron chi connectivity index (χ2n) is 5.74. The quantitative estimate of drug-likeness (QED) is 0.706. The fourth-order valence-electron chi connectivity index (χ4n) is 2.70. The second-order valence-corrected chi connectivity index (χ2v) is 6.96. The average molecular weight is 372 g/mol. The Bertz CT molecular complexity index is 987. The maximum absolute atomic E-state index is 12.7. The lowest BCUT2D eigenvalue weighted by Gasteiger charge is -2.05. The van der Waals surface area contributed by atoms with Gasteiger partial charge in [-0.05, 0) is 38.5 Å². The fraction of sp³-hybridized carbons (Fsp3) is 0.263. The molecule has 0 radical (unpaired) electrons. The highest BCUT2D eigenvalue weighted by atomic mass is 32.1. The third kappa shape index (κ3) is 3.17. The van der Waals surface area contributed by atoms with E-state index in [1.54, 1.807) is 19.2 Å². The highest BCUT2D eigenvalue weighted by Crippen LogP contribution is 2.34. The lowest BCUT2D eigenvalue weighted by atomic mass is 10.1. The molecule has 0 aliphatic carbocycles. The Morgan fingerprint density at radius 2 is 2.00 bits per heavy atom. The number of para-hydroxylation sites is 1. The molecule has 2 N–H and O–H groups in total. The summed E-state index contributed by atoms with van der Waals surface area (Å²) >= 11 is 1.37. The van der Waals surface area contributed by atoms with Gasteiger partial charge in [0.15, 0.2) is 17.1 Å². The van der Waals surface area contributed by atoms with Crippen LogP contribution in [0.5, 0.6) is 5.75 Å². The van der Waals surface area contributed by atoms with Crippen LogP contribution in [0.4, 0.5) is 5.00 Å². The van der Waals surface area contributed by atoms with E-state index in [9.17, 15) is 9.59 Å². The molecular formula is C19H20N2O4S. The van der Waals surface area contributed by atoms with E-state index in [0.717, 1.165) is 15.8 Å². The van der Waals surface area contributed by atoms with Crippen LogP contribution in [0.15, 0.2) is 28.7 Å². The summed E-state index contributed by atoms with van der Waals surface area (Å²) < 4.78 is 11.3. The van der Waals surface area contributed by atoms with Crippen molar-refractivity contribution in [2.75, 3.05) is 19.0 Å². The molecule has 1 aromatic carbocycles. The minimum absolute atomic E-state index is 0.165. The molecule has 2 aromatic heterocycles. The van der Waals surface area contributed by atoms with Crippen molar-refractivity contribution in [1.82, 2.24) is 5.32 Å². The summed E-state index contributed by atoms with van der Waals surface area (Å²) in [7, 11) is 1.56. The van der Waals surface area contributed by atoms with Gasteiger partial charge in [-0.3, -0.25) is 9.59 Å². The molecule has 2 amide bonds. The predicted molar refractivity (Wildman–Crippen MR) is 103 cm³/mol. The molecule has 0 saturated carbocycles. The van der Waals surface area contributed by atoms with E-state index in [1.807, 2.05) is 32.9 Å². The van der Waals surface area contributed by atoms with Crippen LogP contribution in [0.25, 0.3) is 11.0 Å². The Morgan fingerprint density at radius 1 is 1.23 bits per heavy atom. The first-order valence-electron chi connectivity index (χ1n) is 8.25. The van der Waals surface area contributed by atoms with Crippen LogP contribution in [0.2, 0.25) is 0 Å². The van der Waals surface area contributed by atoms with E-state index in [2.05, 4.69) is 10.6 Å². The van der Waals surface area contributed by atoms with Crippen molar-refractivity contribution >= 4 is 39.1 Å². The molecule has 0 saturated heterocycles. The largest absolute Gasteiger partial charge is 0.490 e. The number of hydrogen-bond donors (Lipinski definition) is 2. The summed E-state index contributed by atoms with van der Waals surface area (Å²) in [5, 5.41) is 6.70. The zero-order valence-corrected chi connectivity index (χ0v) is 15.9. The minimum atomic E-state index is -0.407. The molecule has 136 valence electrons. The van der Waals surface area contributed by atoms with Crippen molar-refractivity contribution in [3.63, 3.8) is 0 Å².